The zero-order chi connectivity index (χ0) is 15.8. The van der Waals surface area contributed by atoms with Gasteiger partial charge in [0.25, 0.3) is 0 Å². The van der Waals surface area contributed by atoms with Gasteiger partial charge in [-0.2, -0.15) is 0 Å². The Morgan fingerprint density at radius 1 is 0.909 bits per heavy atom. The molecule has 0 spiro atoms. The van der Waals surface area contributed by atoms with Gasteiger partial charge in [-0.3, -0.25) is 4.79 Å². The van der Waals surface area contributed by atoms with Crippen LogP contribution in [0.15, 0.2) is 60.7 Å². The van der Waals surface area contributed by atoms with E-state index in [0.717, 1.165) is 6.42 Å². The summed E-state index contributed by atoms with van der Waals surface area (Å²) in [7, 11) is 0. The lowest BCUT2D eigenvalue weighted by Crippen LogP contribution is -2.26. The second-order valence-corrected chi connectivity index (χ2v) is 6.11. The average Bonchev–Trinajstić information content (AvgIpc) is 2.52. The summed E-state index contributed by atoms with van der Waals surface area (Å²) in [4.78, 5) is 11.8. The van der Waals surface area contributed by atoms with E-state index in [1.54, 1.807) is 0 Å². The maximum Gasteiger partial charge on any atom is 0.220 e. The van der Waals surface area contributed by atoms with Crippen molar-refractivity contribution in [2.75, 3.05) is 6.54 Å². The molecule has 0 aliphatic rings. The summed E-state index contributed by atoms with van der Waals surface area (Å²) in [6, 6.07) is 21.0. The molecular formula is C20H25NO. The van der Waals surface area contributed by atoms with Gasteiger partial charge in [-0.1, -0.05) is 74.5 Å². The predicted molar refractivity (Wildman–Crippen MR) is 91.8 cm³/mol. The van der Waals surface area contributed by atoms with E-state index in [1.165, 1.54) is 11.1 Å². The van der Waals surface area contributed by atoms with Gasteiger partial charge in [0.2, 0.25) is 5.91 Å². The van der Waals surface area contributed by atoms with E-state index in [0.29, 0.717) is 24.8 Å². The quantitative estimate of drug-likeness (QED) is 0.807. The molecule has 0 aliphatic heterocycles. The van der Waals surface area contributed by atoms with Crippen molar-refractivity contribution >= 4 is 5.91 Å². The number of nitrogens with one attached hydrogen (secondary N) is 1. The van der Waals surface area contributed by atoms with Crippen LogP contribution in [-0.4, -0.2) is 12.5 Å². The molecule has 22 heavy (non-hydrogen) atoms. The van der Waals surface area contributed by atoms with Gasteiger partial charge in [0, 0.05) is 18.9 Å². The Morgan fingerprint density at radius 2 is 1.41 bits per heavy atom. The van der Waals surface area contributed by atoms with Gasteiger partial charge in [0.15, 0.2) is 0 Å². The first-order valence-electron chi connectivity index (χ1n) is 8.03. The van der Waals surface area contributed by atoms with E-state index >= 15 is 0 Å². The fourth-order valence-electron chi connectivity index (χ4n) is 2.70. The summed E-state index contributed by atoms with van der Waals surface area (Å²) < 4.78 is 0. The molecule has 0 aromatic heterocycles. The molecule has 0 heterocycles. The van der Waals surface area contributed by atoms with E-state index in [9.17, 15) is 4.79 Å². The minimum atomic E-state index is 0.148. The molecule has 116 valence electrons. The third-order valence-corrected chi connectivity index (χ3v) is 3.75. The maximum atomic E-state index is 11.8. The fraction of sp³-hybridized carbons (Fsp3) is 0.350. The second kappa shape index (κ2) is 8.38. The molecule has 2 aromatic carbocycles. The molecule has 0 saturated carbocycles. The van der Waals surface area contributed by atoms with Gasteiger partial charge in [0.1, 0.15) is 0 Å². The van der Waals surface area contributed by atoms with E-state index in [4.69, 9.17) is 0 Å². The van der Waals surface area contributed by atoms with Crippen LogP contribution in [0, 0.1) is 5.92 Å². The average molecular weight is 295 g/mol. The summed E-state index contributed by atoms with van der Waals surface area (Å²) >= 11 is 0. The Hall–Kier alpha value is -2.09. The Labute approximate surface area is 133 Å². The monoisotopic (exact) mass is 295 g/mol. The first-order valence-corrected chi connectivity index (χ1v) is 8.03. The van der Waals surface area contributed by atoms with Crippen molar-refractivity contribution in [3.63, 3.8) is 0 Å². The first kappa shape index (κ1) is 16.3. The van der Waals surface area contributed by atoms with Gasteiger partial charge >= 0.3 is 0 Å². The Bertz CT molecular complexity index is 523. The van der Waals surface area contributed by atoms with Crippen LogP contribution in [0.4, 0.5) is 0 Å². The Kier molecular flexibility index (Phi) is 6.20. The molecule has 0 fully saturated rings. The minimum Gasteiger partial charge on any atom is -0.356 e. The Balaban J connectivity index is 2.02. The summed E-state index contributed by atoms with van der Waals surface area (Å²) in [5.41, 5.74) is 2.60. The van der Waals surface area contributed by atoms with Crippen molar-refractivity contribution in [1.82, 2.24) is 5.32 Å². The van der Waals surface area contributed by atoms with E-state index in [-0.39, 0.29) is 5.91 Å². The summed E-state index contributed by atoms with van der Waals surface area (Å²) in [6.07, 6.45) is 1.51. The molecule has 2 rings (SSSR count). The second-order valence-electron chi connectivity index (χ2n) is 6.11. The molecule has 2 heteroatoms. The number of hydrogen-bond donors (Lipinski definition) is 1. The van der Waals surface area contributed by atoms with Crippen molar-refractivity contribution in [2.24, 2.45) is 5.92 Å². The highest BCUT2D eigenvalue weighted by atomic mass is 16.1. The maximum absolute atomic E-state index is 11.8. The lowest BCUT2D eigenvalue weighted by Gasteiger charge is -2.18. The molecule has 0 radical (unpaired) electrons. The highest BCUT2D eigenvalue weighted by Gasteiger charge is 2.14. The van der Waals surface area contributed by atoms with Crippen molar-refractivity contribution in [2.45, 2.75) is 32.6 Å². The lowest BCUT2D eigenvalue weighted by molar-refractivity contribution is -0.121. The van der Waals surface area contributed by atoms with Crippen molar-refractivity contribution < 1.29 is 4.79 Å². The summed E-state index contributed by atoms with van der Waals surface area (Å²) in [5.74, 6) is 0.871. The molecule has 1 N–H and O–H groups in total. The SMILES string of the molecule is CC(C)CC(=O)NCCC(c1ccccc1)c1ccccc1. The van der Waals surface area contributed by atoms with Crippen LogP contribution in [-0.2, 0) is 4.79 Å². The zero-order valence-electron chi connectivity index (χ0n) is 13.5. The number of carbonyl (C=O) groups is 1. The number of benzene rings is 2. The molecular weight excluding hydrogens is 270 g/mol. The number of carbonyl (C=O) groups excluding carboxylic acids is 1. The van der Waals surface area contributed by atoms with Crippen LogP contribution in [0.5, 0.6) is 0 Å². The van der Waals surface area contributed by atoms with E-state index in [2.05, 4.69) is 67.7 Å². The number of amides is 1. The molecule has 0 bridgehead atoms. The van der Waals surface area contributed by atoms with Gasteiger partial charge in [-0.15, -0.1) is 0 Å². The molecule has 0 saturated heterocycles. The zero-order valence-corrected chi connectivity index (χ0v) is 13.5. The van der Waals surface area contributed by atoms with Gasteiger partial charge < -0.3 is 5.32 Å². The van der Waals surface area contributed by atoms with Crippen LogP contribution in [0.25, 0.3) is 0 Å². The van der Waals surface area contributed by atoms with Crippen LogP contribution in [0.1, 0.15) is 43.7 Å². The highest BCUT2D eigenvalue weighted by molar-refractivity contribution is 5.76. The minimum absolute atomic E-state index is 0.148. The fourth-order valence-corrected chi connectivity index (χ4v) is 2.70. The van der Waals surface area contributed by atoms with Crippen LogP contribution >= 0.6 is 0 Å². The van der Waals surface area contributed by atoms with Crippen molar-refractivity contribution in [3.8, 4) is 0 Å². The van der Waals surface area contributed by atoms with Crippen LogP contribution in [0.3, 0.4) is 0 Å². The van der Waals surface area contributed by atoms with Gasteiger partial charge in [0.05, 0.1) is 0 Å². The molecule has 0 aliphatic carbocycles. The molecule has 1 amide bonds. The molecule has 0 atom stereocenters. The smallest absolute Gasteiger partial charge is 0.220 e. The normalized spacial score (nSPS) is 10.9. The standard InChI is InChI=1S/C20H25NO/c1-16(2)15-20(22)21-14-13-19(17-9-5-3-6-10-17)18-11-7-4-8-12-18/h3-12,16,19H,13-15H2,1-2H3,(H,21,22). The van der Waals surface area contributed by atoms with Crippen molar-refractivity contribution in [3.05, 3.63) is 71.8 Å². The molecule has 2 aromatic rings. The molecule has 0 unspecified atom stereocenters. The van der Waals surface area contributed by atoms with Crippen LogP contribution < -0.4 is 5.32 Å². The topological polar surface area (TPSA) is 29.1 Å². The number of rotatable bonds is 7. The Morgan fingerprint density at radius 3 is 1.86 bits per heavy atom. The predicted octanol–water partition coefficient (Wildman–Crippen LogP) is 4.37. The van der Waals surface area contributed by atoms with Gasteiger partial charge in [-0.25, -0.2) is 0 Å². The first-order chi connectivity index (χ1) is 10.7. The highest BCUT2D eigenvalue weighted by Crippen LogP contribution is 2.27. The van der Waals surface area contributed by atoms with Crippen LogP contribution in [0.2, 0.25) is 0 Å². The van der Waals surface area contributed by atoms with Gasteiger partial charge in [-0.05, 0) is 23.5 Å². The number of hydrogen-bond acceptors (Lipinski definition) is 1. The summed E-state index contributed by atoms with van der Waals surface area (Å²) in [5, 5.41) is 3.05. The van der Waals surface area contributed by atoms with Crippen molar-refractivity contribution in [1.29, 1.82) is 0 Å². The summed E-state index contributed by atoms with van der Waals surface area (Å²) in [6.45, 7) is 4.84. The third kappa shape index (κ3) is 5.03. The molecule has 2 nitrogen and oxygen atoms in total. The largest absolute Gasteiger partial charge is 0.356 e. The van der Waals surface area contributed by atoms with E-state index in [1.807, 2.05) is 12.1 Å². The van der Waals surface area contributed by atoms with E-state index < -0.39 is 0 Å². The lowest BCUT2D eigenvalue weighted by atomic mass is 9.88. The third-order valence-electron chi connectivity index (χ3n) is 3.75.